The van der Waals surface area contributed by atoms with Gasteiger partial charge in [0.25, 0.3) is 0 Å². The van der Waals surface area contributed by atoms with Gasteiger partial charge in [0.1, 0.15) is 11.6 Å². The van der Waals surface area contributed by atoms with Gasteiger partial charge in [-0.3, -0.25) is 0 Å². The molecule has 0 amide bonds. The molecule has 0 saturated carbocycles. The lowest BCUT2D eigenvalue weighted by Crippen LogP contribution is -2.20. The minimum Gasteiger partial charge on any atom is -0.373 e. The first-order valence-corrected chi connectivity index (χ1v) is 11.1. The molecule has 0 spiro atoms. The summed E-state index contributed by atoms with van der Waals surface area (Å²) < 4.78 is 62.2. The summed E-state index contributed by atoms with van der Waals surface area (Å²) in [6.45, 7) is 2.97. The molecule has 1 nitrogen and oxygen atoms in total. The number of hydrogen-bond donors (Lipinski definition) is 0. The van der Waals surface area contributed by atoms with E-state index in [0.29, 0.717) is 17.0 Å². The third-order valence-corrected chi connectivity index (χ3v) is 6.20. The molecule has 1 aliphatic rings. The van der Waals surface area contributed by atoms with Crippen LogP contribution in [0.1, 0.15) is 50.7 Å². The van der Waals surface area contributed by atoms with E-state index in [1.54, 1.807) is 0 Å². The standard InChI is InChI=1S/C27H26F4O/c1-2-3-4-17-5-12-26(32-16-17)19-8-6-18(7-9-19)21-14-24(30)27(25(31)15-21)20-10-11-22(28)23(29)13-20/h6-11,13-15,17,26H,2-5,12,16H2,1H3. The molecule has 32 heavy (non-hydrogen) atoms. The van der Waals surface area contributed by atoms with Gasteiger partial charge in [-0.05, 0) is 71.7 Å². The molecule has 0 radical (unpaired) electrons. The topological polar surface area (TPSA) is 9.23 Å². The van der Waals surface area contributed by atoms with Gasteiger partial charge in [-0.1, -0.05) is 50.1 Å². The molecule has 5 heteroatoms. The summed E-state index contributed by atoms with van der Waals surface area (Å²) in [6.07, 6.45) is 5.81. The summed E-state index contributed by atoms with van der Waals surface area (Å²) in [6, 6.07) is 12.8. The highest BCUT2D eigenvalue weighted by molar-refractivity contribution is 5.72. The average molecular weight is 442 g/mol. The fraction of sp³-hybridized carbons (Fsp3) is 0.333. The Morgan fingerprint density at radius 1 is 0.750 bits per heavy atom. The van der Waals surface area contributed by atoms with Crippen molar-refractivity contribution in [2.75, 3.05) is 6.61 Å². The summed E-state index contributed by atoms with van der Waals surface area (Å²) in [4.78, 5) is 0. The lowest BCUT2D eigenvalue weighted by Gasteiger charge is -2.29. The Morgan fingerprint density at radius 3 is 2.00 bits per heavy atom. The number of hydrogen-bond acceptors (Lipinski definition) is 1. The zero-order valence-electron chi connectivity index (χ0n) is 18.0. The van der Waals surface area contributed by atoms with Gasteiger partial charge in [-0.25, -0.2) is 17.6 Å². The minimum atomic E-state index is -1.15. The van der Waals surface area contributed by atoms with E-state index in [2.05, 4.69) is 6.92 Å². The molecular weight excluding hydrogens is 416 g/mol. The Kier molecular flexibility index (Phi) is 6.95. The smallest absolute Gasteiger partial charge is 0.159 e. The van der Waals surface area contributed by atoms with Gasteiger partial charge >= 0.3 is 0 Å². The van der Waals surface area contributed by atoms with Gasteiger partial charge < -0.3 is 4.74 Å². The van der Waals surface area contributed by atoms with Crippen molar-refractivity contribution >= 4 is 0 Å². The molecule has 3 aromatic carbocycles. The third kappa shape index (κ3) is 4.88. The van der Waals surface area contributed by atoms with Crippen molar-refractivity contribution in [2.24, 2.45) is 5.92 Å². The molecule has 0 aliphatic carbocycles. The molecule has 4 rings (SSSR count). The molecule has 1 heterocycles. The van der Waals surface area contributed by atoms with E-state index in [0.717, 1.165) is 43.2 Å². The van der Waals surface area contributed by atoms with Crippen LogP contribution in [-0.4, -0.2) is 6.61 Å². The van der Waals surface area contributed by atoms with Crippen LogP contribution in [-0.2, 0) is 4.74 Å². The molecule has 0 aromatic heterocycles. The lowest BCUT2D eigenvalue weighted by molar-refractivity contribution is -0.0197. The van der Waals surface area contributed by atoms with Gasteiger partial charge in [0.2, 0.25) is 0 Å². The van der Waals surface area contributed by atoms with Crippen LogP contribution in [0.5, 0.6) is 0 Å². The number of rotatable bonds is 6. The van der Waals surface area contributed by atoms with Gasteiger partial charge in [0.15, 0.2) is 11.6 Å². The van der Waals surface area contributed by atoms with Crippen LogP contribution >= 0.6 is 0 Å². The van der Waals surface area contributed by atoms with E-state index in [9.17, 15) is 17.6 Å². The molecule has 0 N–H and O–H groups in total. The van der Waals surface area contributed by atoms with E-state index in [1.165, 1.54) is 31.4 Å². The first kappa shape index (κ1) is 22.5. The first-order valence-electron chi connectivity index (χ1n) is 11.1. The zero-order valence-corrected chi connectivity index (χ0v) is 18.0. The highest BCUT2D eigenvalue weighted by Gasteiger charge is 2.23. The second kappa shape index (κ2) is 9.86. The normalized spacial score (nSPS) is 18.7. The second-order valence-corrected chi connectivity index (χ2v) is 8.47. The van der Waals surface area contributed by atoms with Crippen molar-refractivity contribution in [1.82, 2.24) is 0 Å². The molecule has 1 saturated heterocycles. The Balaban J connectivity index is 1.50. The van der Waals surface area contributed by atoms with E-state index >= 15 is 0 Å². The number of halogens is 4. The molecule has 1 fully saturated rings. The number of benzene rings is 3. The molecule has 1 aliphatic heterocycles. The van der Waals surface area contributed by atoms with Crippen molar-refractivity contribution in [2.45, 2.75) is 45.1 Å². The van der Waals surface area contributed by atoms with Crippen molar-refractivity contribution in [3.8, 4) is 22.3 Å². The zero-order chi connectivity index (χ0) is 22.7. The maximum atomic E-state index is 14.7. The first-order chi connectivity index (χ1) is 15.5. The lowest BCUT2D eigenvalue weighted by atomic mass is 9.90. The fourth-order valence-corrected chi connectivity index (χ4v) is 4.35. The van der Waals surface area contributed by atoms with Crippen molar-refractivity contribution in [3.63, 3.8) is 0 Å². The van der Waals surface area contributed by atoms with Crippen LogP contribution in [0.25, 0.3) is 22.3 Å². The van der Waals surface area contributed by atoms with Crippen LogP contribution in [0, 0.1) is 29.2 Å². The van der Waals surface area contributed by atoms with Crippen LogP contribution in [0.4, 0.5) is 17.6 Å². The van der Waals surface area contributed by atoms with E-state index < -0.39 is 23.3 Å². The monoisotopic (exact) mass is 442 g/mol. The summed E-state index contributed by atoms with van der Waals surface area (Å²) in [5.41, 5.74) is 1.68. The molecule has 3 aromatic rings. The fourth-order valence-electron chi connectivity index (χ4n) is 4.35. The van der Waals surface area contributed by atoms with Crippen molar-refractivity contribution in [1.29, 1.82) is 0 Å². The van der Waals surface area contributed by atoms with Gasteiger partial charge in [0, 0.05) is 0 Å². The van der Waals surface area contributed by atoms with Crippen LogP contribution < -0.4 is 0 Å². The van der Waals surface area contributed by atoms with Crippen LogP contribution in [0.2, 0.25) is 0 Å². The molecule has 2 atom stereocenters. The maximum absolute atomic E-state index is 14.7. The number of unbranched alkanes of at least 4 members (excludes halogenated alkanes) is 1. The van der Waals surface area contributed by atoms with E-state index in [-0.39, 0.29) is 17.2 Å². The predicted octanol–water partition coefficient (Wildman–Crippen LogP) is 8.23. The largest absolute Gasteiger partial charge is 0.373 e. The van der Waals surface area contributed by atoms with E-state index in [1.807, 2.05) is 24.3 Å². The SMILES string of the molecule is CCCCC1CCC(c2ccc(-c3cc(F)c(-c4ccc(F)c(F)c4)c(F)c3)cc2)OC1. The molecule has 0 bridgehead atoms. The Hall–Kier alpha value is -2.66. The summed E-state index contributed by atoms with van der Waals surface area (Å²) in [5.74, 6) is -3.25. The quantitative estimate of drug-likeness (QED) is 0.349. The number of ether oxygens (including phenoxy) is 1. The Labute approximate surface area is 186 Å². The van der Waals surface area contributed by atoms with Gasteiger partial charge in [-0.15, -0.1) is 0 Å². The molecular formula is C27H26F4O. The summed E-state index contributed by atoms with van der Waals surface area (Å²) in [7, 11) is 0. The summed E-state index contributed by atoms with van der Waals surface area (Å²) in [5, 5.41) is 0. The molecule has 168 valence electrons. The van der Waals surface area contributed by atoms with E-state index in [4.69, 9.17) is 4.74 Å². The average Bonchev–Trinajstić information content (AvgIpc) is 2.80. The Morgan fingerprint density at radius 2 is 1.41 bits per heavy atom. The van der Waals surface area contributed by atoms with Gasteiger partial charge in [0.05, 0.1) is 18.3 Å². The van der Waals surface area contributed by atoms with Gasteiger partial charge in [-0.2, -0.15) is 0 Å². The third-order valence-electron chi connectivity index (χ3n) is 6.20. The Bertz CT molecular complexity index is 1050. The van der Waals surface area contributed by atoms with Crippen molar-refractivity contribution in [3.05, 3.63) is 83.4 Å². The van der Waals surface area contributed by atoms with Crippen LogP contribution in [0.3, 0.4) is 0 Å². The highest BCUT2D eigenvalue weighted by atomic mass is 19.2. The minimum absolute atomic E-state index is 0.0474. The molecule has 2 unspecified atom stereocenters. The predicted molar refractivity (Wildman–Crippen MR) is 118 cm³/mol. The maximum Gasteiger partial charge on any atom is 0.159 e. The van der Waals surface area contributed by atoms with Crippen molar-refractivity contribution < 1.29 is 22.3 Å². The summed E-state index contributed by atoms with van der Waals surface area (Å²) >= 11 is 0. The highest BCUT2D eigenvalue weighted by Crippen LogP contribution is 2.35. The second-order valence-electron chi connectivity index (χ2n) is 8.47. The van der Waals surface area contributed by atoms with Crippen LogP contribution in [0.15, 0.2) is 54.6 Å².